The summed E-state index contributed by atoms with van der Waals surface area (Å²) in [5.41, 5.74) is 5.41. The van der Waals surface area contributed by atoms with Crippen LogP contribution in [0.4, 0.5) is 0 Å². The van der Waals surface area contributed by atoms with Crippen molar-refractivity contribution >= 4 is 13.1 Å². The lowest BCUT2D eigenvalue weighted by atomic mass is 9.66. The molecule has 0 heterocycles. The Labute approximate surface area is 121 Å². The average molecular weight is 286 g/mol. The molecule has 1 aliphatic rings. The second-order valence-corrected chi connectivity index (χ2v) is 6.20. The number of rotatable bonds is 6. The van der Waals surface area contributed by atoms with Crippen LogP contribution in [0, 0.1) is 11.8 Å². The first-order valence-electron chi connectivity index (χ1n) is 7.17. The molecule has 116 valence electrons. The van der Waals surface area contributed by atoms with Crippen molar-refractivity contribution in [3.05, 3.63) is 0 Å². The summed E-state index contributed by atoms with van der Waals surface area (Å²) in [5.74, 6) is -0.0573. The zero-order valence-corrected chi connectivity index (χ0v) is 12.7. The fourth-order valence-electron chi connectivity index (χ4n) is 3.21. The van der Waals surface area contributed by atoms with E-state index in [0.29, 0.717) is 19.2 Å². The van der Waals surface area contributed by atoms with Crippen molar-refractivity contribution < 1.29 is 19.6 Å². The van der Waals surface area contributed by atoms with Gasteiger partial charge in [0, 0.05) is 12.5 Å². The predicted octanol–water partition coefficient (Wildman–Crippen LogP) is -0.302. The second kappa shape index (κ2) is 7.40. The Morgan fingerprint density at radius 3 is 2.60 bits per heavy atom. The summed E-state index contributed by atoms with van der Waals surface area (Å²) in [4.78, 5) is 14.1. The van der Waals surface area contributed by atoms with Crippen molar-refractivity contribution in [2.24, 2.45) is 17.6 Å². The van der Waals surface area contributed by atoms with Crippen LogP contribution in [0.25, 0.3) is 0 Å². The van der Waals surface area contributed by atoms with Crippen LogP contribution in [0.15, 0.2) is 0 Å². The summed E-state index contributed by atoms with van der Waals surface area (Å²) in [7, 11) is 4.00. The molecule has 20 heavy (non-hydrogen) atoms. The number of carbonyl (C=O) groups excluding carboxylic acids is 1. The van der Waals surface area contributed by atoms with Crippen LogP contribution < -0.4 is 5.73 Å². The van der Waals surface area contributed by atoms with Gasteiger partial charge in [0.2, 0.25) is 0 Å². The van der Waals surface area contributed by atoms with E-state index in [-0.39, 0.29) is 17.8 Å². The molecular formula is C13H27BN2O4. The van der Waals surface area contributed by atoms with Gasteiger partial charge in [0.05, 0.1) is 7.11 Å². The molecule has 3 unspecified atom stereocenters. The van der Waals surface area contributed by atoms with E-state index in [0.717, 1.165) is 19.4 Å². The van der Waals surface area contributed by atoms with Crippen LogP contribution in [-0.4, -0.2) is 61.3 Å². The van der Waals surface area contributed by atoms with Crippen molar-refractivity contribution in [1.29, 1.82) is 0 Å². The fourth-order valence-corrected chi connectivity index (χ4v) is 3.21. The lowest BCUT2D eigenvalue weighted by molar-refractivity contribution is -0.152. The number of nitrogens with two attached hydrogens (primary N) is 1. The average Bonchev–Trinajstić information content (AvgIpc) is 2.37. The van der Waals surface area contributed by atoms with Gasteiger partial charge in [-0.15, -0.1) is 0 Å². The predicted molar refractivity (Wildman–Crippen MR) is 77.9 cm³/mol. The molecule has 0 amide bonds. The minimum Gasteiger partial charge on any atom is -0.468 e. The molecular weight excluding hydrogens is 259 g/mol. The molecule has 0 spiro atoms. The number of esters is 1. The summed E-state index contributed by atoms with van der Waals surface area (Å²) in [5, 5.41) is 17.9. The van der Waals surface area contributed by atoms with Crippen LogP contribution in [0.1, 0.15) is 25.7 Å². The maximum atomic E-state index is 12.1. The van der Waals surface area contributed by atoms with Crippen LogP contribution in [0.2, 0.25) is 6.32 Å². The number of methoxy groups -OCH3 is 1. The Morgan fingerprint density at radius 1 is 1.45 bits per heavy atom. The number of nitrogens with zero attached hydrogens (tertiary/aromatic N) is 1. The van der Waals surface area contributed by atoms with E-state index >= 15 is 0 Å². The Morgan fingerprint density at radius 2 is 2.10 bits per heavy atom. The molecule has 0 aliphatic heterocycles. The van der Waals surface area contributed by atoms with Gasteiger partial charge in [0.15, 0.2) is 0 Å². The minimum atomic E-state index is -1.29. The van der Waals surface area contributed by atoms with Crippen LogP contribution in [0.5, 0.6) is 0 Å². The lowest BCUT2D eigenvalue weighted by Gasteiger charge is -2.43. The Kier molecular flexibility index (Phi) is 6.45. The minimum absolute atomic E-state index is 0.0697. The maximum Gasteiger partial charge on any atom is 0.451 e. The summed E-state index contributed by atoms with van der Waals surface area (Å²) in [6.45, 7) is 0.751. The highest BCUT2D eigenvalue weighted by atomic mass is 16.5. The van der Waals surface area contributed by atoms with E-state index in [1.807, 2.05) is 19.0 Å². The number of hydrogen-bond donors (Lipinski definition) is 3. The first-order chi connectivity index (χ1) is 9.29. The Hall–Kier alpha value is -0.625. The van der Waals surface area contributed by atoms with Crippen molar-refractivity contribution in [2.75, 3.05) is 27.7 Å². The summed E-state index contributed by atoms with van der Waals surface area (Å²) < 4.78 is 4.90. The van der Waals surface area contributed by atoms with Crippen molar-refractivity contribution in [3.8, 4) is 0 Å². The fraction of sp³-hybridized carbons (Fsp3) is 0.923. The monoisotopic (exact) mass is 286 g/mol. The standard InChI is InChI=1S/C13H27BN2O4/c1-16(2)9-11-5-4-10(6-7-14(18)19)8-13(11,15)12(17)20-3/h10-11,18-19H,4-9,15H2,1-3H3. The van der Waals surface area contributed by atoms with Crippen molar-refractivity contribution in [1.82, 2.24) is 4.90 Å². The van der Waals surface area contributed by atoms with Gasteiger partial charge in [-0.1, -0.05) is 6.42 Å². The first kappa shape index (κ1) is 17.4. The molecule has 1 fully saturated rings. The lowest BCUT2D eigenvalue weighted by Crippen LogP contribution is -2.60. The van der Waals surface area contributed by atoms with Gasteiger partial charge in [-0.05, 0) is 45.6 Å². The van der Waals surface area contributed by atoms with Gasteiger partial charge in [-0.25, -0.2) is 0 Å². The summed E-state index contributed by atoms with van der Waals surface area (Å²) >= 11 is 0. The molecule has 3 atom stereocenters. The molecule has 0 aromatic rings. The van der Waals surface area contributed by atoms with E-state index in [4.69, 9.17) is 20.5 Å². The van der Waals surface area contributed by atoms with Gasteiger partial charge in [-0.2, -0.15) is 0 Å². The summed E-state index contributed by atoms with van der Waals surface area (Å²) in [6, 6.07) is 0. The van der Waals surface area contributed by atoms with E-state index in [1.165, 1.54) is 7.11 Å². The Bertz CT molecular complexity index is 327. The van der Waals surface area contributed by atoms with E-state index in [2.05, 4.69) is 0 Å². The SMILES string of the molecule is COC(=O)C1(N)CC(CCB(O)O)CCC1CN(C)C. The molecule has 7 heteroatoms. The van der Waals surface area contributed by atoms with Gasteiger partial charge in [-0.3, -0.25) is 4.79 Å². The highest BCUT2D eigenvalue weighted by molar-refractivity contribution is 6.40. The highest BCUT2D eigenvalue weighted by Gasteiger charge is 2.47. The van der Waals surface area contributed by atoms with Crippen molar-refractivity contribution in [2.45, 2.75) is 37.5 Å². The number of carbonyl (C=O) groups is 1. The molecule has 0 saturated heterocycles. The highest BCUT2D eigenvalue weighted by Crippen LogP contribution is 2.38. The molecule has 0 aromatic heterocycles. The topological polar surface area (TPSA) is 96.0 Å². The zero-order chi connectivity index (χ0) is 15.3. The van der Waals surface area contributed by atoms with E-state index in [9.17, 15) is 4.79 Å². The molecule has 1 aliphatic carbocycles. The molecule has 6 nitrogen and oxygen atoms in total. The van der Waals surface area contributed by atoms with Crippen molar-refractivity contribution in [3.63, 3.8) is 0 Å². The normalized spacial score (nSPS) is 30.4. The van der Waals surface area contributed by atoms with Gasteiger partial charge in [0.1, 0.15) is 5.54 Å². The summed E-state index contributed by atoms with van der Waals surface area (Å²) in [6.07, 6.45) is 3.35. The van der Waals surface area contributed by atoms with E-state index in [1.54, 1.807) is 0 Å². The molecule has 1 rings (SSSR count). The second-order valence-electron chi connectivity index (χ2n) is 6.20. The smallest absolute Gasteiger partial charge is 0.451 e. The third kappa shape index (κ3) is 4.44. The first-order valence-corrected chi connectivity index (χ1v) is 7.17. The van der Waals surface area contributed by atoms with Crippen LogP contribution in [0.3, 0.4) is 0 Å². The van der Waals surface area contributed by atoms with Gasteiger partial charge < -0.3 is 25.4 Å². The Balaban J connectivity index is 2.75. The maximum absolute atomic E-state index is 12.1. The largest absolute Gasteiger partial charge is 0.468 e. The molecule has 0 aromatic carbocycles. The van der Waals surface area contributed by atoms with Gasteiger partial charge in [0.25, 0.3) is 0 Å². The van der Waals surface area contributed by atoms with E-state index < -0.39 is 12.7 Å². The molecule has 4 N–H and O–H groups in total. The number of ether oxygens (including phenoxy) is 1. The quantitative estimate of drug-likeness (QED) is 0.458. The third-order valence-electron chi connectivity index (χ3n) is 4.26. The van der Waals surface area contributed by atoms with Gasteiger partial charge >= 0.3 is 13.1 Å². The van der Waals surface area contributed by atoms with Crippen LogP contribution in [-0.2, 0) is 9.53 Å². The molecule has 1 saturated carbocycles. The molecule has 0 bridgehead atoms. The molecule has 0 radical (unpaired) electrons. The number of hydrogen-bond acceptors (Lipinski definition) is 6. The third-order valence-corrected chi connectivity index (χ3v) is 4.26. The zero-order valence-electron chi connectivity index (χ0n) is 12.7. The van der Waals surface area contributed by atoms with Crippen LogP contribution >= 0.6 is 0 Å².